The van der Waals surface area contributed by atoms with Gasteiger partial charge in [-0.1, -0.05) is 231 Å². The fourth-order valence-electron chi connectivity index (χ4n) is 11.4. The molecule has 2 aliphatic carbocycles. The van der Waals surface area contributed by atoms with Gasteiger partial charge in [-0.25, -0.2) is 19.9 Å². The number of pyridine rings is 1. The molecule has 0 radical (unpaired) electrons. The molecule has 330 valence electrons. The van der Waals surface area contributed by atoms with Crippen LogP contribution in [-0.2, 0) is 5.41 Å². The molecule has 0 saturated heterocycles. The van der Waals surface area contributed by atoms with Crippen LogP contribution in [0.2, 0.25) is 0 Å². The van der Waals surface area contributed by atoms with Crippen LogP contribution in [0, 0.1) is 0 Å². The molecular weight excluding hydrogens is 861 g/mol. The maximum atomic E-state index is 5.73. The van der Waals surface area contributed by atoms with Gasteiger partial charge in [0.05, 0.1) is 16.8 Å². The van der Waals surface area contributed by atoms with Gasteiger partial charge in [0, 0.05) is 38.8 Å². The lowest BCUT2D eigenvalue weighted by atomic mass is 9.69. The first-order valence-electron chi connectivity index (χ1n) is 24.2. The lowest BCUT2D eigenvalue weighted by Gasteiger charge is -2.31. The summed E-state index contributed by atoms with van der Waals surface area (Å²) in [4.78, 5) is 21.6. The number of benzene rings is 10. The summed E-state index contributed by atoms with van der Waals surface area (Å²) in [5.41, 5.74) is 20.7. The van der Waals surface area contributed by atoms with E-state index in [4.69, 9.17) is 19.9 Å². The Morgan fingerprint density at radius 1 is 0.225 bits per heavy atom. The van der Waals surface area contributed by atoms with E-state index in [0.717, 1.165) is 72.4 Å². The first-order valence-corrected chi connectivity index (χ1v) is 24.2. The molecule has 4 heteroatoms. The van der Waals surface area contributed by atoms with Gasteiger partial charge in [-0.2, -0.15) is 0 Å². The molecule has 0 atom stereocenters. The molecule has 0 amide bonds. The second-order valence-electron chi connectivity index (χ2n) is 18.5. The molecule has 4 nitrogen and oxygen atoms in total. The van der Waals surface area contributed by atoms with Crippen molar-refractivity contribution in [3.05, 3.63) is 277 Å². The van der Waals surface area contributed by atoms with E-state index in [1.54, 1.807) is 0 Å². The number of fused-ring (bicyclic) bond motifs is 12. The smallest absolute Gasteiger partial charge is 0.164 e. The van der Waals surface area contributed by atoms with Crippen molar-refractivity contribution in [1.82, 2.24) is 19.9 Å². The quantitative estimate of drug-likeness (QED) is 0.160. The average Bonchev–Trinajstić information content (AvgIpc) is 3.94. The zero-order chi connectivity index (χ0) is 46.9. The molecule has 0 saturated carbocycles. The Bertz CT molecular complexity index is 3930. The summed E-state index contributed by atoms with van der Waals surface area (Å²) in [6.45, 7) is 0. The van der Waals surface area contributed by atoms with E-state index in [2.05, 4.69) is 249 Å². The number of rotatable bonds is 7. The minimum absolute atomic E-state index is 0.495. The fourth-order valence-corrected chi connectivity index (χ4v) is 11.4. The number of aromatic nitrogens is 4. The standard InChI is InChI=1S/C67H42N4/c1-4-19-43(20-5-1)48-25-18-26-49(39-48)65-69-64(70-66(71-65)52-41-50(44-21-6-2-7-22-44)40-51(42-52)45-23-8-3-9-24-45)47-37-35-46(36-38-47)62-56-30-11-10-29-55(56)61-63(68-62)57-31-14-17-34-60(57)67(61)58-32-15-12-27-53(58)54-28-13-16-33-59(54)67/h1-42H. The predicted octanol–water partition coefficient (Wildman–Crippen LogP) is 16.4. The highest BCUT2D eigenvalue weighted by Crippen LogP contribution is 2.64. The third kappa shape index (κ3) is 6.53. The van der Waals surface area contributed by atoms with E-state index < -0.39 is 5.41 Å². The SMILES string of the molecule is c1ccc(-c2cccc(-c3nc(-c4ccc(-c5nc6c(c7ccccc57)C5(c7ccccc7-c7ccccc75)c5ccccc5-6)cc4)nc(-c4cc(-c5ccccc5)cc(-c5ccccc5)c4)n3)c2)cc1. The normalized spacial score (nSPS) is 12.6. The highest BCUT2D eigenvalue weighted by molar-refractivity contribution is 6.07. The summed E-state index contributed by atoms with van der Waals surface area (Å²) >= 11 is 0. The van der Waals surface area contributed by atoms with Gasteiger partial charge in [0.25, 0.3) is 0 Å². The van der Waals surface area contributed by atoms with Crippen molar-refractivity contribution < 1.29 is 0 Å². The third-order valence-electron chi connectivity index (χ3n) is 14.5. The van der Waals surface area contributed by atoms with Gasteiger partial charge in [-0.3, -0.25) is 0 Å². The number of hydrogen-bond acceptors (Lipinski definition) is 4. The molecule has 0 unspecified atom stereocenters. The molecule has 71 heavy (non-hydrogen) atoms. The summed E-state index contributed by atoms with van der Waals surface area (Å²) in [6, 6.07) is 90.8. The van der Waals surface area contributed by atoms with E-state index in [1.807, 2.05) is 6.07 Å². The Balaban J connectivity index is 0.936. The number of hydrogen-bond donors (Lipinski definition) is 0. The van der Waals surface area contributed by atoms with Crippen molar-refractivity contribution in [2.24, 2.45) is 0 Å². The minimum Gasteiger partial charge on any atom is -0.247 e. The Labute approximate surface area is 412 Å². The zero-order valence-corrected chi connectivity index (χ0v) is 38.5. The van der Waals surface area contributed by atoms with Crippen LogP contribution in [0.1, 0.15) is 22.3 Å². The summed E-state index contributed by atoms with van der Waals surface area (Å²) in [5, 5.41) is 2.32. The first kappa shape index (κ1) is 40.7. The Kier molecular flexibility index (Phi) is 9.39. The topological polar surface area (TPSA) is 51.6 Å². The van der Waals surface area contributed by atoms with Gasteiger partial charge >= 0.3 is 0 Å². The molecular formula is C67H42N4. The molecule has 2 aliphatic rings. The Morgan fingerprint density at radius 2 is 0.620 bits per heavy atom. The van der Waals surface area contributed by atoms with Crippen molar-refractivity contribution in [3.8, 4) is 101 Å². The molecule has 2 aromatic heterocycles. The van der Waals surface area contributed by atoms with Crippen molar-refractivity contribution in [3.63, 3.8) is 0 Å². The molecule has 1 spiro atoms. The van der Waals surface area contributed by atoms with Crippen molar-refractivity contribution in [2.45, 2.75) is 5.41 Å². The van der Waals surface area contributed by atoms with Crippen molar-refractivity contribution in [1.29, 1.82) is 0 Å². The van der Waals surface area contributed by atoms with Crippen molar-refractivity contribution in [2.75, 3.05) is 0 Å². The Morgan fingerprint density at radius 3 is 1.21 bits per heavy atom. The monoisotopic (exact) mass is 902 g/mol. The number of nitrogens with zero attached hydrogens (tertiary/aromatic N) is 4. The van der Waals surface area contributed by atoms with Crippen LogP contribution in [0.3, 0.4) is 0 Å². The zero-order valence-electron chi connectivity index (χ0n) is 38.5. The van der Waals surface area contributed by atoms with Crippen molar-refractivity contribution >= 4 is 10.8 Å². The molecule has 0 fully saturated rings. The van der Waals surface area contributed by atoms with E-state index in [0.29, 0.717) is 17.5 Å². The van der Waals surface area contributed by atoms with Crippen LogP contribution in [0.15, 0.2) is 255 Å². The summed E-state index contributed by atoms with van der Waals surface area (Å²) in [5.74, 6) is 1.80. The second-order valence-corrected chi connectivity index (χ2v) is 18.5. The minimum atomic E-state index is -0.495. The lowest BCUT2D eigenvalue weighted by Crippen LogP contribution is -2.26. The van der Waals surface area contributed by atoms with Gasteiger partial charge in [0.2, 0.25) is 0 Å². The van der Waals surface area contributed by atoms with Crippen LogP contribution in [0.5, 0.6) is 0 Å². The second kappa shape index (κ2) is 16.4. The van der Waals surface area contributed by atoms with E-state index in [1.165, 1.54) is 44.3 Å². The predicted molar refractivity (Wildman–Crippen MR) is 289 cm³/mol. The molecule has 0 N–H and O–H groups in total. The maximum absolute atomic E-state index is 5.73. The fraction of sp³-hybridized carbons (Fsp3) is 0.0149. The molecule has 12 aromatic rings. The first-order chi connectivity index (χ1) is 35.2. The van der Waals surface area contributed by atoms with Crippen LogP contribution >= 0.6 is 0 Å². The summed E-state index contributed by atoms with van der Waals surface area (Å²) < 4.78 is 0. The van der Waals surface area contributed by atoms with E-state index >= 15 is 0 Å². The molecule has 14 rings (SSSR count). The lowest BCUT2D eigenvalue weighted by molar-refractivity contribution is 0.799. The summed E-state index contributed by atoms with van der Waals surface area (Å²) in [6.07, 6.45) is 0. The molecule has 0 bridgehead atoms. The highest BCUT2D eigenvalue weighted by Gasteiger charge is 2.53. The van der Waals surface area contributed by atoms with Crippen LogP contribution < -0.4 is 0 Å². The van der Waals surface area contributed by atoms with Gasteiger partial charge in [0.1, 0.15) is 0 Å². The molecule has 2 heterocycles. The van der Waals surface area contributed by atoms with E-state index in [9.17, 15) is 0 Å². The van der Waals surface area contributed by atoms with Crippen LogP contribution in [0.25, 0.3) is 112 Å². The van der Waals surface area contributed by atoms with Crippen LogP contribution in [-0.4, -0.2) is 19.9 Å². The molecule has 10 aromatic carbocycles. The Hall–Kier alpha value is -9.38. The van der Waals surface area contributed by atoms with Gasteiger partial charge in [-0.15, -0.1) is 0 Å². The largest absolute Gasteiger partial charge is 0.247 e. The van der Waals surface area contributed by atoms with Gasteiger partial charge in [0.15, 0.2) is 17.5 Å². The third-order valence-corrected chi connectivity index (χ3v) is 14.5. The molecule has 0 aliphatic heterocycles. The van der Waals surface area contributed by atoms with Gasteiger partial charge < -0.3 is 0 Å². The maximum Gasteiger partial charge on any atom is 0.164 e. The van der Waals surface area contributed by atoms with Gasteiger partial charge in [-0.05, 0) is 90.8 Å². The van der Waals surface area contributed by atoms with E-state index in [-0.39, 0.29) is 0 Å². The summed E-state index contributed by atoms with van der Waals surface area (Å²) in [7, 11) is 0. The van der Waals surface area contributed by atoms with Crippen LogP contribution in [0.4, 0.5) is 0 Å². The highest BCUT2D eigenvalue weighted by atomic mass is 15.0. The average molecular weight is 903 g/mol.